The van der Waals surface area contributed by atoms with E-state index in [-0.39, 0.29) is 18.2 Å². The first-order chi connectivity index (χ1) is 15.9. The van der Waals surface area contributed by atoms with Crippen LogP contribution in [0.15, 0.2) is 66.9 Å². The smallest absolute Gasteiger partial charge is 0.338 e. The summed E-state index contributed by atoms with van der Waals surface area (Å²) in [5.74, 6) is -0.704. The van der Waals surface area contributed by atoms with Crippen LogP contribution in [0.25, 0.3) is 10.9 Å². The van der Waals surface area contributed by atoms with E-state index in [1.54, 1.807) is 31.4 Å². The van der Waals surface area contributed by atoms with E-state index in [0.29, 0.717) is 24.3 Å². The maximum Gasteiger partial charge on any atom is 0.338 e. The molecule has 0 radical (unpaired) electrons. The third-order valence-electron chi connectivity index (χ3n) is 5.71. The standard InChI is InChI=1S/C27H32N2O4/c1-18(2)14-22(26(31)28-3)17-24(30)25(15-19-8-5-4-6-9-19)33-27(32)21-11-12-23-20(16-21)10-7-13-29-23/h4-13,16,18,22,24-25,30H,14-15,17H2,1-3H3,(H,28,31)/t22-,24+,25+/m1/s1. The van der Waals surface area contributed by atoms with Gasteiger partial charge in [0.25, 0.3) is 0 Å². The Kier molecular flexibility index (Phi) is 8.55. The van der Waals surface area contributed by atoms with Crippen molar-refractivity contribution in [3.05, 3.63) is 78.0 Å². The number of nitrogens with one attached hydrogen (secondary N) is 1. The molecule has 1 amide bonds. The molecular formula is C27H32N2O4. The van der Waals surface area contributed by atoms with Crippen molar-refractivity contribution in [2.24, 2.45) is 11.8 Å². The first-order valence-electron chi connectivity index (χ1n) is 11.4. The number of fused-ring (bicyclic) bond motifs is 1. The van der Waals surface area contributed by atoms with E-state index >= 15 is 0 Å². The second-order valence-electron chi connectivity index (χ2n) is 8.79. The monoisotopic (exact) mass is 448 g/mol. The molecule has 0 saturated heterocycles. The molecule has 0 aliphatic carbocycles. The van der Waals surface area contributed by atoms with Crippen LogP contribution in [0.2, 0.25) is 0 Å². The van der Waals surface area contributed by atoms with E-state index in [4.69, 9.17) is 4.74 Å². The predicted molar refractivity (Wildman–Crippen MR) is 129 cm³/mol. The molecule has 6 heteroatoms. The van der Waals surface area contributed by atoms with Crippen LogP contribution in [0.5, 0.6) is 0 Å². The van der Waals surface area contributed by atoms with Gasteiger partial charge < -0.3 is 15.2 Å². The van der Waals surface area contributed by atoms with Gasteiger partial charge in [-0.15, -0.1) is 0 Å². The van der Waals surface area contributed by atoms with Crippen LogP contribution in [-0.4, -0.2) is 41.2 Å². The van der Waals surface area contributed by atoms with Gasteiger partial charge in [-0.05, 0) is 48.6 Å². The second kappa shape index (κ2) is 11.6. The number of benzene rings is 2. The lowest BCUT2D eigenvalue weighted by atomic mass is 9.88. The summed E-state index contributed by atoms with van der Waals surface area (Å²) < 4.78 is 5.83. The molecule has 1 heterocycles. The average molecular weight is 449 g/mol. The van der Waals surface area contributed by atoms with Crippen LogP contribution in [0, 0.1) is 11.8 Å². The van der Waals surface area contributed by atoms with Crippen molar-refractivity contribution in [2.45, 2.75) is 45.3 Å². The highest BCUT2D eigenvalue weighted by Gasteiger charge is 2.30. The molecule has 0 bridgehead atoms. The van der Waals surface area contributed by atoms with Gasteiger partial charge in [0.2, 0.25) is 5.91 Å². The maximum atomic E-state index is 13.0. The Morgan fingerprint density at radius 3 is 2.48 bits per heavy atom. The summed E-state index contributed by atoms with van der Waals surface area (Å²) in [6.45, 7) is 4.08. The van der Waals surface area contributed by atoms with Gasteiger partial charge in [-0.25, -0.2) is 4.79 Å². The SMILES string of the molecule is CNC(=O)[C@H](CC(C)C)C[C@H](O)[C@H](Cc1ccccc1)OC(=O)c1ccc2ncccc2c1. The van der Waals surface area contributed by atoms with Crippen LogP contribution < -0.4 is 5.32 Å². The minimum atomic E-state index is -0.989. The molecule has 33 heavy (non-hydrogen) atoms. The topological polar surface area (TPSA) is 88.5 Å². The van der Waals surface area contributed by atoms with Gasteiger partial charge >= 0.3 is 5.97 Å². The summed E-state index contributed by atoms with van der Waals surface area (Å²) in [6, 6.07) is 18.5. The van der Waals surface area contributed by atoms with Crippen LogP contribution in [0.1, 0.15) is 42.6 Å². The van der Waals surface area contributed by atoms with Gasteiger partial charge in [0.15, 0.2) is 0 Å². The molecule has 3 atom stereocenters. The van der Waals surface area contributed by atoms with Crippen LogP contribution in [-0.2, 0) is 16.0 Å². The number of ether oxygens (including phenoxy) is 1. The number of aliphatic hydroxyl groups is 1. The van der Waals surface area contributed by atoms with Gasteiger partial charge in [-0.1, -0.05) is 50.2 Å². The Morgan fingerprint density at radius 2 is 1.79 bits per heavy atom. The van der Waals surface area contributed by atoms with Crippen molar-refractivity contribution in [3.63, 3.8) is 0 Å². The van der Waals surface area contributed by atoms with Crippen molar-refractivity contribution in [1.29, 1.82) is 0 Å². The summed E-state index contributed by atoms with van der Waals surface area (Å²) in [6.07, 6.45) is 1.13. The first-order valence-corrected chi connectivity index (χ1v) is 11.4. The second-order valence-corrected chi connectivity index (χ2v) is 8.79. The first kappa shape index (κ1) is 24.4. The Bertz CT molecular complexity index is 1070. The van der Waals surface area contributed by atoms with Crippen molar-refractivity contribution in [2.75, 3.05) is 7.05 Å². The average Bonchev–Trinajstić information content (AvgIpc) is 2.82. The molecule has 174 valence electrons. The van der Waals surface area contributed by atoms with Gasteiger partial charge in [0.1, 0.15) is 6.10 Å². The van der Waals surface area contributed by atoms with E-state index in [2.05, 4.69) is 10.3 Å². The minimum absolute atomic E-state index is 0.116. The molecule has 0 fully saturated rings. The number of esters is 1. The zero-order valence-electron chi connectivity index (χ0n) is 19.4. The predicted octanol–water partition coefficient (Wildman–Crippen LogP) is 4.16. The number of hydrogen-bond donors (Lipinski definition) is 2. The lowest BCUT2D eigenvalue weighted by Crippen LogP contribution is -2.38. The Labute approximate surface area is 195 Å². The van der Waals surface area contributed by atoms with Crippen LogP contribution in [0.4, 0.5) is 0 Å². The number of nitrogens with zero attached hydrogens (tertiary/aromatic N) is 1. The Morgan fingerprint density at radius 1 is 1.03 bits per heavy atom. The van der Waals surface area contributed by atoms with Crippen molar-refractivity contribution in [3.8, 4) is 0 Å². The molecule has 0 aliphatic heterocycles. The van der Waals surface area contributed by atoms with Gasteiger partial charge in [0, 0.05) is 31.0 Å². The van der Waals surface area contributed by atoms with E-state index in [0.717, 1.165) is 16.5 Å². The van der Waals surface area contributed by atoms with Crippen LogP contribution >= 0.6 is 0 Å². The number of carbonyl (C=O) groups excluding carboxylic acids is 2. The van der Waals surface area contributed by atoms with Crippen molar-refractivity contribution < 1.29 is 19.4 Å². The van der Waals surface area contributed by atoms with Crippen LogP contribution in [0.3, 0.4) is 0 Å². The molecule has 0 aliphatic rings. The fourth-order valence-electron chi connectivity index (χ4n) is 4.04. The lowest BCUT2D eigenvalue weighted by Gasteiger charge is -2.27. The molecular weight excluding hydrogens is 416 g/mol. The summed E-state index contributed by atoms with van der Waals surface area (Å²) in [5.41, 5.74) is 2.13. The zero-order chi connectivity index (χ0) is 23.8. The largest absolute Gasteiger partial charge is 0.456 e. The van der Waals surface area contributed by atoms with Gasteiger partial charge in [0.05, 0.1) is 17.2 Å². The fraction of sp³-hybridized carbons (Fsp3) is 0.370. The fourth-order valence-corrected chi connectivity index (χ4v) is 4.04. The summed E-state index contributed by atoms with van der Waals surface area (Å²) in [5, 5.41) is 14.6. The number of carbonyl (C=O) groups is 2. The van der Waals surface area contributed by atoms with Gasteiger partial charge in [-0.2, -0.15) is 0 Å². The summed E-state index contributed by atoms with van der Waals surface area (Å²) in [7, 11) is 1.60. The number of hydrogen-bond acceptors (Lipinski definition) is 5. The van der Waals surface area contributed by atoms with Crippen molar-refractivity contribution in [1.82, 2.24) is 10.3 Å². The number of pyridine rings is 1. The molecule has 2 aromatic carbocycles. The Balaban J connectivity index is 1.81. The van der Waals surface area contributed by atoms with E-state index in [1.807, 2.05) is 56.3 Å². The highest BCUT2D eigenvalue weighted by molar-refractivity contribution is 5.94. The molecule has 3 rings (SSSR count). The molecule has 2 N–H and O–H groups in total. The normalized spacial score (nSPS) is 14.0. The molecule has 0 spiro atoms. The third kappa shape index (κ3) is 6.86. The molecule has 0 saturated carbocycles. The van der Waals surface area contributed by atoms with Crippen molar-refractivity contribution >= 4 is 22.8 Å². The van der Waals surface area contributed by atoms with Gasteiger partial charge in [-0.3, -0.25) is 9.78 Å². The molecule has 6 nitrogen and oxygen atoms in total. The highest BCUT2D eigenvalue weighted by atomic mass is 16.6. The molecule has 3 aromatic rings. The Hall–Kier alpha value is -3.25. The lowest BCUT2D eigenvalue weighted by molar-refractivity contribution is -0.126. The highest BCUT2D eigenvalue weighted by Crippen LogP contribution is 2.23. The summed E-state index contributed by atoms with van der Waals surface area (Å²) in [4.78, 5) is 29.7. The number of amides is 1. The quantitative estimate of drug-likeness (QED) is 0.455. The maximum absolute atomic E-state index is 13.0. The number of aromatic nitrogens is 1. The minimum Gasteiger partial charge on any atom is -0.456 e. The number of aliphatic hydroxyl groups excluding tert-OH is 1. The van der Waals surface area contributed by atoms with E-state index in [9.17, 15) is 14.7 Å². The third-order valence-corrected chi connectivity index (χ3v) is 5.71. The molecule has 0 unspecified atom stereocenters. The zero-order valence-corrected chi connectivity index (χ0v) is 19.4. The van der Waals surface area contributed by atoms with E-state index < -0.39 is 18.2 Å². The molecule has 1 aromatic heterocycles. The summed E-state index contributed by atoms with van der Waals surface area (Å²) >= 11 is 0. The number of rotatable bonds is 10. The van der Waals surface area contributed by atoms with E-state index in [1.165, 1.54) is 0 Å².